The van der Waals surface area contributed by atoms with E-state index in [2.05, 4.69) is 4.98 Å². The number of pyridine rings is 1. The fraction of sp³-hybridized carbons (Fsp3) is 0.0625. The molecule has 0 N–H and O–H groups in total. The largest absolute Gasteiger partial charge is 0.488 e. The molecule has 1 aromatic heterocycles. The monoisotopic (exact) mass is 278 g/mol. The van der Waals surface area contributed by atoms with Crippen LogP contribution in [0.25, 0.3) is 22.2 Å². The smallest absolute Gasteiger partial charge is 0.270 e. The lowest BCUT2D eigenvalue weighted by Gasteiger charge is -2.20. The van der Waals surface area contributed by atoms with E-state index in [1.807, 2.05) is 30.3 Å². The minimum atomic E-state index is -0.398. The highest BCUT2D eigenvalue weighted by atomic mass is 16.6. The van der Waals surface area contributed by atoms with Crippen LogP contribution in [0.3, 0.4) is 0 Å². The summed E-state index contributed by atoms with van der Waals surface area (Å²) >= 11 is 0. The van der Waals surface area contributed by atoms with Gasteiger partial charge in [-0.1, -0.05) is 12.1 Å². The number of hydrogen-bond donors (Lipinski definition) is 0. The number of ether oxygens (including phenoxy) is 1. The first kappa shape index (κ1) is 11.8. The number of non-ortho nitro benzene ring substituents is 1. The summed E-state index contributed by atoms with van der Waals surface area (Å²) in [6, 6.07) is 14.4. The van der Waals surface area contributed by atoms with Gasteiger partial charge in [0, 0.05) is 28.6 Å². The van der Waals surface area contributed by atoms with Crippen LogP contribution >= 0.6 is 0 Å². The lowest BCUT2D eigenvalue weighted by molar-refractivity contribution is -0.384. The molecule has 2 aromatic carbocycles. The molecule has 0 aliphatic carbocycles. The number of rotatable bonds is 1. The van der Waals surface area contributed by atoms with Crippen LogP contribution in [0, 0.1) is 10.1 Å². The van der Waals surface area contributed by atoms with Crippen LogP contribution in [0.4, 0.5) is 5.69 Å². The predicted molar refractivity (Wildman–Crippen MR) is 78.2 cm³/mol. The Morgan fingerprint density at radius 3 is 2.86 bits per heavy atom. The van der Waals surface area contributed by atoms with Crippen molar-refractivity contribution in [2.24, 2.45) is 0 Å². The second-order valence-corrected chi connectivity index (χ2v) is 4.92. The van der Waals surface area contributed by atoms with Crippen molar-refractivity contribution in [2.75, 3.05) is 0 Å². The summed E-state index contributed by atoms with van der Waals surface area (Å²) in [7, 11) is 0. The van der Waals surface area contributed by atoms with E-state index in [1.54, 1.807) is 12.1 Å². The van der Waals surface area contributed by atoms with Crippen molar-refractivity contribution in [2.45, 2.75) is 6.61 Å². The number of nitro groups is 1. The van der Waals surface area contributed by atoms with Gasteiger partial charge in [-0.25, -0.2) is 4.98 Å². The number of benzene rings is 2. The predicted octanol–water partition coefficient (Wildman–Crippen LogP) is 3.70. The van der Waals surface area contributed by atoms with Gasteiger partial charge in [0.2, 0.25) is 0 Å². The molecule has 102 valence electrons. The molecule has 1 aliphatic heterocycles. The van der Waals surface area contributed by atoms with Crippen molar-refractivity contribution in [1.29, 1.82) is 0 Å². The summed E-state index contributed by atoms with van der Waals surface area (Å²) in [5, 5.41) is 11.6. The van der Waals surface area contributed by atoms with Crippen LogP contribution in [-0.4, -0.2) is 9.91 Å². The molecule has 0 radical (unpaired) electrons. The van der Waals surface area contributed by atoms with Crippen LogP contribution in [0.2, 0.25) is 0 Å². The molecule has 4 rings (SSSR count). The molecule has 0 saturated carbocycles. The van der Waals surface area contributed by atoms with E-state index in [-0.39, 0.29) is 5.69 Å². The third kappa shape index (κ3) is 1.82. The van der Waals surface area contributed by atoms with Crippen molar-refractivity contribution in [3.63, 3.8) is 0 Å². The first-order valence-electron chi connectivity index (χ1n) is 6.53. The third-order valence-electron chi connectivity index (χ3n) is 3.61. The molecule has 0 unspecified atom stereocenters. The van der Waals surface area contributed by atoms with Gasteiger partial charge in [0.05, 0.1) is 16.1 Å². The minimum Gasteiger partial charge on any atom is -0.488 e. The number of nitro benzene ring substituents is 1. The first-order valence-corrected chi connectivity index (χ1v) is 6.53. The molecule has 1 aliphatic rings. The summed E-state index contributed by atoms with van der Waals surface area (Å²) in [4.78, 5) is 15.1. The van der Waals surface area contributed by atoms with E-state index in [0.29, 0.717) is 6.61 Å². The molecule has 5 nitrogen and oxygen atoms in total. The number of nitrogens with zero attached hydrogens (tertiary/aromatic N) is 2. The Bertz CT molecular complexity index is 890. The average molecular weight is 278 g/mol. The standard InChI is InChI=1S/C16H10N2O3/c19-18(20)12-5-6-14-10(8-12)7-11-9-21-15-4-2-1-3-13(15)16(11)17-14/h1-8H,9H2. The van der Waals surface area contributed by atoms with Crippen LogP contribution in [0.1, 0.15) is 5.56 Å². The molecule has 0 amide bonds. The van der Waals surface area contributed by atoms with E-state index >= 15 is 0 Å². The number of fused-ring (bicyclic) bond motifs is 4. The Kier molecular flexibility index (Phi) is 2.41. The summed E-state index contributed by atoms with van der Waals surface area (Å²) in [6.45, 7) is 0.429. The van der Waals surface area contributed by atoms with Crippen molar-refractivity contribution in [3.05, 3.63) is 64.2 Å². The Balaban J connectivity index is 1.97. The normalized spacial score (nSPS) is 12.4. The van der Waals surface area contributed by atoms with Crippen LogP contribution in [0.5, 0.6) is 5.75 Å². The second kappa shape index (κ2) is 4.28. The Morgan fingerprint density at radius 1 is 1.14 bits per heavy atom. The molecule has 21 heavy (non-hydrogen) atoms. The van der Waals surface area contributed by atoms with Gasteiger partial charge in [-0.2, -0.15) is 0 Å². The zero-order valence-electron chi connectivity index (χ0n) is 10.9. The molecule has 0 atom stereocenters. The topological polar surface area (TPSA) is 65.3 Å². The maximum absolute atomic E-state index is 10.9. The van der Waals surface area contributed by atoms with Gasteiger partial charge in [-0.3, -0.25) is 10.1 Å². The lowest BCUT2D eigenvalue weighted by atomic mass is 10.0. The van der Waals surface area contributed by atoms with Crippen molar-refractivity contribution < 1.29 is 9.66 Å². The van der Waals surface area contributed by atoms with Gasteiger partial charge in [-0.05, 0) is 24.3 Å². The quantitative estimate of drug-likeness (QED) is 0.503. The van der Waals surface area contributed by atoms with E-state index in [4.69, 9.17) is 4.74 Å². The molecule has 0 fully saturated rings. The highest BCUT2D eigenvalue weighted by Crippen LogP contribution is 2.37. The fourth-order valence-electron chi connectivity index (χ4n) is 2.61. The van der Waals surface area contributed by atoms with E-state index < -0.39 is 4.92 Å². The highest BCUT2D eigenvalue weighted by molar-refractivity contribution is 5.86. The average Bonchev–Trinajstić information content (AvgIpc) is 2.52. The number of para-hydroxylation sites is 1. The fourth-order valence-corrected chi connectivity index (χ4v) is 2.61. The number of hydrogen-bond acceptors (Lipinski definition) is 4. The molecule has 2 heterocycles. The van der Waals surface area contributed by atoms with Gasteiger partial charge < -0.3 is 4.74 Å². The third-order valence-corrected chi connectivity index (χ3v) is 3.61. The van der Waals surface area contributed by atoms with Gasteiger partial charge in [0.1, 0.15) is 12.4 Å². The van der Waals surface area contributed by atoms with E-state index in [0.717, 1.165) is 33.5 Å². The SMILES string of the molecule is O=[N+]([O-])c1ccc2nc3c(cc2c1)COc1ccccc1-3. The van der Waals surface area contributed by atoms with Crippen LogP contribution < -0.4 is 4.74 Å². The van der Waals surface area contributed by atoms with Crippen molar-refractivity contribution in [3.8, 4) is 17.0 Å². The summed E-state index contributed by atoms with van der Waals surface area (Å²) in [5.74, 6) is 0.818. The molecular weight excluding hydrogens is 268 g/mol. The number of aromatic nitrogens is 1. The second-order valence-electron chi connectivity index (χ2n) is 4.92. The zero-order valence-corrected chi connectivity index (χ0v) is 10.9. The summed E-state index contributed by atoms with van der Waals surface area (Å²) in [5.41, 5.74) is 3.61. The highest BCUT2D eigenvalue weighted by Gasteiger charge is 2.19. The van der Waals surface area contributed by atoms with Gasteiger partial charge in [0.25, 0.3) is 5.69 Å². The van der Waals surface area contributed by atoms with Crippen LogP contribution in [0.15, 0.2) is 48.5 Å². The minimum absolute atomic E-state index is 0.0707. The molecule has 0 bridgehead atoms. The molecular formula is C16H10N2O3. The maximum atomic E-state index is 10.9. The molecule has 3 aromatic rings. The maximum Gasteiger partial charge on any atom is 0.270 e. The molecule has 0 saturated heterocycles. The van der Waals surface area contributed by atoms with Gasteiger partial charge in [0.15, 0.2) is 0 Å². The summed E-state index contributed by atoms with van der Waals surface area (Å²) < 4.78 is 5.70. The lowest BCUT2D eigenvalue weighted by Crippen LogP contribution is -2.07. The van der Waals surface area contributed by atoms with E-state index in [1.165, 1.54) is 6.07 Å². The van der Waals surface area contributed by atoms with E-state index in [9.17, 15) is 10.1 Å². The van der Waals surface area contributed by atoms with Crippen LogP contribution in [-0.2, 0) is 6.61 Å². The van der Waals surface area contributed by atoms with Crippen molar-refractivity contribution in [1.82, 2.24) is 4.98 Å². The van der Waals surface area contributed by atoms with Crippen molar-refractivity contribution >= 4 is 16.6 Å². The Morgan fingerprint density at radius 2 is 2.00 bits per heavy atom. The Labute approximate surface area is 120 Å². The summed E-state index contributed by atoms with van der Waals surface area (Å²) in [6.07, 6.45) is 0. The zero-order chi connectivity index (χ0) is 14.4. The molecule has 5 heteroatoms. The molecule has 0 spiro atoms. The Hall–Kier alpha value is -2.95. The first-order chi connectivity index (χ1) is 10.2. The van der Waals surface area contributed by atoms with Gasteiger partial charge in [-0.15, -0.1) is 0 Å². The van der Waals surface area contributed by atoms with Gasteiger partial charge >= 0.3 is 0 Å².